The van der Waals surface area contributed by atoms with Gasteiger partial charge in [0.25, 0.3) is 5.91 Å². The Hall–Kier alpha value is -3.97. The van der Waals surface area contributed by atoms with Gasteiger partial charge >= 0.3 is 0 Å². The molecule has 1 atom stereocenters. The number of ketones is 1. The molecule has 8 heteroatoms. The molecular weight excluding hydrogens is 459 g/mol. The fourth-order valence-electron chi connectivity index (χ4n) is 4.16. The fraction of sp³-hybridized carbons (Fsp3) is 0.115. The number of carbonyl (C=O) groups excluding carboxylic acids is 2. The third-order valence-corrected chi connectivity index (χ3v) is 6.04. The number of amides is 1. The first kappa shape index (κ1) is 21.9. The molecule has 2 aromatic heterocycles. The Kier molecular flexibility index (Phi) is 5.63. The Balaban J connectivity index is 1.52. The minimum Gasteiger partial charge on any atom is -0.503 e. The number of carbonyl (C=O) groups is 2. The van der Waals surface area contributed by atoms with E-state index in [2.05, 4.69) is 4.98 Å². The number of halogens is 2. The molecule has 1 N–H and O–H groups in total. The van der Waals surface area contributed by atoms with Gasteiger partial charge in [0.15, 0.2) is 11.5 Å². The van der Waals surface area contributed by atoms with E-state index in [1.807, 2.05) is 0 Å². The lowest BCUT2D eigenvalue weighted by Gasteiger charge is -2.26. The molecule has 1 unspecified atom stereocenters. The van der Waals surface area contributed by atoms with Gasteiger partial charge in [-0.2, -0.15) is 0 Å². The van der Waals surface area contributed by atoms with Crippen molar-refractivity contribution in [2.24, 2.45) is 0 Å². The fourth-order valence-corrected chi connectivity index (χ4v) is 4.34. The van der Waals surface area contributed by atoms with Crippen LogP contribution in [0.15, 0.2) is 88.8 Å². The van der Waals surface area contributed by atoms with Crippen LogP contribution in [0.3, 0.4) is 0 Å². The van der Waals surface area contributed by atoms with Crippen molar-refractivity contribution < 1.29 is 23.5 Å². The largest absolute Gasteiger partial charge is 0.503 e. The zero-order valence-electron chi connectivity index (χ0n) is 17.7. The van der Waals surface area contributed by atoms with Crippen LogP contribution in [0.2, 0.25) is 5.02 Å². The van der Waals surface area contributed by atoms with Gasteiger partial charge < -0.3 is 14.4 Å². The van der Waals surface area contributed by atoms with E-state index in [4.69, 9.17) is 16.0 Å². The Bertz CT molecular complexity index is 1430. The summed E-state index contributed by atoms with van der Waals surface area (Å²) in [5, 5.41) is 11.9. The molecule has 4 aromatic rings. The van der Waals surface area contributed by atoms with Crippen LogP contribution in [0.4, 0.5) is 4.39 Å². The van der Waals surface area contributed by atoms with E-state index in [1.165, 1.54) is 23.1 Å². The molecule has 34 heavy (non-hydrogen) atoms. The lowest BCUT2D eigenvalue weighted by Crippen LogP contribution is -2.33. The second-order valence-electron chi connectivity index (χ2n) is 7.95. The Morgan fingerprint density at radius 2 is 1.94 bits per heavy atom. The summed E-state index contributed by atoms with van der Waals surface area (Å²) in [6.07, 6.45) is 3.53. The van der Waals surface area contributed by atoms with Gasteiger partial charge in [-0.05, 0) is 60.0 Å². The third-order valence-electron chi connectivity index (χ3n) is 5.81. The van der Waals surface area contributed by atoms with Crippen LogP contribution in [-0.4, -0.2) is 33.2 Å². The van der Waals surface area contributed by atoms with Crippen molar-refractivity contribution in [3.05, 3.63) is 112 Å². The van der Waals surface area contributed by atoms with Gasteiger partial charge in [-0.1, -0.05) is 29.8 Å². The maximum Gasteiger partial charge on any atom is 0.290 e. The van der Waals surface area contributed by atoms with Crippen LogP contribution >= 0.6 is 11.6 Å². The molecule has 0 saturated heterocycles. The van der Waals surface area contributed by atoms with E-state index >= 15 is 0 Å². The predicted molar refractivity (Wildman–Crippen MR) is 124 cm³/mol. The predicted octanol–water partition coefficient (Wildman–Crippen LogP) is 5.44. The quantitative estimate of drug-likeness (QED) is 0.374. The standard InChI is InChI=1S/C26H18ClFN2O4/c27-18-5-8-20-17(12-18)13-21(34-20)24(31)22-23(16-2-1-10-29-14-16)30(26(33)25(22)32)11-9-15-3-6-19(28)7-4-15/h1-8,10,12-14,23,32H,9,11H2. The zero-order chi connectivity index (χ0) is 23.8. The number of pyridine rings is 1. The number of nitrogens with zero attached hydrogens (tertiary/aromatic N) is 2. The van der Waals surface area contributed by atoms with Crippen LogP contribution in [0.25, 0.3) is 11.0 Å². The van der Waals surface area contributed by atoms with Crippen LogP contribution in [0.5, 0.6) is 0 Å². The molecule has 0 saturated carbocycles. The lowest BCUT2D eigenvalue weighted by molar-refractivity contribution is -0.129. The van der Waals surface area contributed by atoms with E-state index in [1.54, 1.807) is 54.9 Å². The molecule has 6 nitrogen and oxygen atoms in total. The molecule has 0 spiro atoms. The number of furan rings is 1. The molecule has 3 heterocycles. The molecule has 1 aliphatic heterocycles. The van der Waals surface area contributed by atoms with Crippen molar-refractivity contribution >= 4 is 34.3 Å². The van der Waals surface area contributed by atoms with Crippen molar-refractivity contribution in [3.8, 4) is 0 Å². The number of aromatic nitrogens is 1. The minimum atomic E-state index is -0.856. The van der Waals surface area contributed by atoms with Crippen LogP contribution in [0.1, 0.15) is 27.7 Å². The molecular formula is C26H18ClFN2O4. The summed E-state index contributed by atoms with van der Waals surface area (Å²) in [6, 6.07) is 15.0. The highest BCUT2D eigenvalue weighted by atomic mass is 35.5. The molecule has 0 bridgehead atoms. The highest BCUT2D eigenvalue weighted by molar-refractivity contribution is 6.31. The van der Waals surface area contributed by atoms with E-state index < -0.39 is 23.5 Å². The average Bonchev–Trinajstić information content (AvgIpc) is 3.37. The molecule has 2 aromatic carbocycles. The van der Waals surface area contributed by atoms with E-state index in [-0.39, 0.29) is 23.7 Å². The van der Waals surface area contributed by atoms with Crippen molar-refractivity contribution in [1.29, 1.82) is 0 Å². The lowest BCUT2D eigenvalue weighted by atomic mass is 9.96. The minimum absolute atomic E-state index is 0.0131. The number of benzene rings is 2. The number of fused-ring (bicyclic) bond motifs is 1. The monoisotopic (exact) mass is 476 g/mol. The summed E-state index contributed by atoms with van der Waals surface area (Å²) in [4.78, 5) is 32.1. The van der Waals surface area contributed by atoms with Gasteiger partial charge in [0.1, 0.15) is 11.4 Å². The van der Waals surface area contributed by atoms with Gasteiger partial charge in [-0.3, -0.25) is 14.6 Å². The topological polar surface area (TPSA) is 83.6 Å². The van der Waals surface area contributed by atoms with E-state index in [0.29, 0.717) is 28.0 Å². The summed E-state index contributed by atoms with van der Waals surface area (Å²) in [6.45, 7) is 0.195. The summed E-state index contributed by atoms with van der Waals surface area (Å²) < 4.78 is 19.0. The molecule has 0 fully saturated rings. The first-order chi connectivity index (χ1) is 16.4. The number of rotatable bonds is 6. The molecule has 5 rings (SSSR count). The maximum atomic E-state index is 13.5. The van der Waals surface area contributed by atoms with Crippen LogP contribution in [-0.2, 0) is 11.2 Å². The first-order valence-electron chi connectivity index (χ1n) is 10.5. The second kappa shape index (κ2) is 8.76. The van der Waals surface area contributed by atoms with Crippen molar-refractivity contribution in [1.82, 2.24) is 9.88 Å². The number of aliphatic hydroxyl groups excluding tert-OH is 1. The van der Waals surface area contributed by atoms with Crippen molar-refractivity contribution in [3.63, 3.8) is 0 Å². The maximum absolute atomic E-state index is 13.5. The molecule has 0 aliphatic carbocycles. The first-order valence-corrected chi connectivity index (χ1v) is 10.9. The summed E-state index contributed by atoms with van der Waals surface area (Å²) in [7, 11) is 0. The zero-order valence-corrected chi connectivity index (χ0v) is 18.5. The number of Topliss-reactive ketones (excluding diaryl/α,β-unsaturated/α-hetero) is 1. The van der Waals surface area contributed by atoms with Crippen molar-refractivity contribution in [2.45, 2.75) is 12.5 Å². The third kappa shape index (κ3) is 3.95. The SMILES string of the molecule is O=C(C1=C(O)C(=O)N(CCc2ccc(F)cc2)C1c1cccnc1)c1cc2cc(Cl)ccc2o1. The summed E-state index contributed by atoms with van der Waals surface area (Å²) in [5.41, 5.74) is 1.76. The van der Waals surface area contributed by atoms with Gasteiger partial charge in [0, 0.05) is 29.3 Å². The molecule has 0 radical (unpaired) electrons. The summed E-state index contributed by atoms with van der Waals surface area (Å²) in [5.74, 6) is -2.26. The van der Waals surface area contributed by atoms with Gasteiger partial charge in [-0.15, -0.1) is 0 Å². The van der Waals surface area contributed by atoms with E-state index in [0.717, 1.165) is 5.56 Å². The van der Waals surface area contributed by atoms with E-state index in [9.17, 15) is 19.1 Å². The highest BCUT2D eigenvalue weighted by Gasteiger charge is 2.44. The van der Waals surface area contributed by atoms with Crippen LogP contribution < -0.4 is 0 Å². The smallest absolute Gasteiger partial charge is 0.290 e. The number of hydrogen-bond donors (Lipinski definition) is 1. The summed E-state index contributed by atoms with van der Waals surface area (Å²) >= 11 is 6.04. The van der Waals surface area contributed by atoms with Crippen LogP contribution in [0, 0.1) is 5.82 Å². The van der Waals surface area contributed by atoms with Gasteiger partial charge in [0.05, 0.1) is 11.6 Å². The van der Waals surface area contributed by atoms with Crippen molar-refractivity contribution in [2.75, 3.05) is 6.54 Å². The highest BCUT2D eigenvalue weighted by Crippen LogP contribution is 2.39. The molecule has 170 valence electrons. The number of hydrogen-bond acceptors (Lipinski definition) is 5. The second-order valence-corrected chi connectivity index (χ2v) is 8.38. The Labute approximate surface area is 198 Å². The average molecular weight is 477 g/mol. The van der Waals surface area contributed by atoms with Gasteiger partial charge in [0.2, 0.25) is 5.78 Å². The Morgan fingerprint density at radius 1 is 1.15 bits per heavy atom. The molecule has 1 amide bonds. The van der Waals surface area contributed by atoms with Gasteiger partial charge in [-0.25, -0.2) is 4.39 Å². The molecule has 1 aliphatic rings. The number of aliphatic hydroxyl groups is 1. The normalized spacial score (nSPS) is 16.0. The Morgan fingerprint density at radius 3 is 2.68 bits per heavy atom.